The number of hydrogen-bond acceptors (Lipinski definition) is 3. The van der Waals surface area contributed by atoms with Crippen molar-refractivity contribution in [3.8, 4) is 5.75 Å². The topological polar surface area (TPSA) is 43.4 Å². The predicted molar refractivity (Wildman–Crippen MR) is 100 cm³/mol. The Morgan fingerprint density at radius 1 is 1.07 bits per heavy atom. The maximum atomic E-state index is 13.4. The molecule has 3 fully saturated rings. The van der Waals surface area contributed by atoms with Crippen molar-refractivity contribution >= 4 is 23.2 Å². The van der Waals surface area contributed by atoms with Crippen LogP contribution in [0.2, 0.25) is 5.02 Å². The molecule has 0 saturated heterocycles. The van der Waals surface area contributed by atoms with Crippen LogP contribution in [0.3, 0.4) is 0 Å². The van der Waals surface area contributed by atoms with E-state index in [4.69, 9.17) is 16.3 Å². The maximum absolute atomic E-state index is 13.4. The summed E-state index contributed by atoms with van der Waals surface area (Å²) in [5.74, 6) is -0.0117. The summed E-state index contributed by atoms with van der Waals surface area (Å²) < 4.78 is 18.8. The van der Waals surface area contributed by atoms with E-state index >= 15 is 0 Å². The molecule has 0 aromatic heterocycles. The molecule has 2 aromatic carbocycles. The number of ether oxygens (including phenoxy) is 1. The number of ketones is 2. The van der Waals surface area contributed by atoms with Gasteiger partial charge in [-0.05, 0) is 42.4 Å². The molecule has 0 atom stereocenters. The fourth-order valence-electron chi connectivity index (χ4n) is 4.65. The van der Waals surface area contributed by atoms with E-state index in [2.05, 4.69) is 0 Å². The zero-order valence-corrected chi connectivity index (χ0v) is 15.6. The van der Waals surface area contributed by atoms with Gasteiger partial charge in [0, 0.05) is 24.3 Å². The minimum Gasteiger partial charge on any atom is -0.486 e. The van der Waals surface area contributed by atoms with Crippen molar-refractivity contribution in [1.82, 2.24) is 0 Å². The lowest BCUT2D eigenvalue weighted by Gasteiger charge is -2.70. The van der Waals surface area contributed by atoms with E-state index in [-0.39, 0.29) is 39.8 Å². The molecule has 3 aliphatic rings. The molecule has 2 bridgehead atoms. The second-order valence-corrected chi connectivity index (χ2v) is 8.38. The molecule has 3 saturated carbocycles. The highest BCUT2D eigenvalue weighted by atomic mass is 35.5. The van der Waals surface area contributed by atoms with Crippen molar-refractivity contribution in [2.24, 2.45) is 10.8 Å². The van der Waals surface area contributed by atoms with Crippen LogP contribution in [-0.4, -0.2) is 18.2 Å². The van der Waals surface area contributed by atoms with E-state index < -0.39 is 5.82 Å². The van der Waals surface area contributed by atoms with Crippen LogP contribution in [0.5, 0.6) is 5.75 Å². The molecule has 0 N–H and O–H groups in total. The molecule has 2 aromatic rings. The quantitative estimate of drug-likeness (QED) is 0.654. The molecule has 5 heteroatoms. The smallest absolute Gasteiger partial charge is 0.170 e. The van der Waals surface area contributed by atoms with E-state index in [1.165, 1.54) is 18.2 Å². The Hall–Kier alpha value is -2.20. The van der Waals surface area contributed by atoms with Gasteiger partial charge in [-0.3, -0.25) is 9.59 Å². The molecular formula is C22H20ClFO3. The van der Waals surface area contributed by atoms with Crippen molar-refractivity contribution < 1.29 is 18.7 Å². The molecule has 0 spiro atoms. The molecule has 0 radical (unpaired) electrons. The van der Waals surface area contributed by atoms with E-state index in [9.17, 15) is 14.0 Å². The third-order valence-electron chi connectivity index (χ3n) is 5.80. The lowest BCUT2D eigenvalue weighted by Crippen LogP contribution is -2.66. The third-order valence-corrected chi connectivity index (χ3v) is 6.11. The summed E-state index contributed by atoms with van der Waals surface area (Å²) in [5, 5.41) is 0.0213. The van der Waals surface area contributed by atoms with Crippen molar-refractivity contribution in [2.45, 2.75) is 32.1 Å². The van der Waals surface area contributed by atoms with Gasteiger partial charge in [-0.2, -0.15) is 0 Å². The maximum Gasteiger partial charge on any atom is 0.170 e. The fraction of sp³-hybridized carbons (Fsp3) is 0.364. The minimum atomic E-state index is -0.570. The first-order valence-corrected chi connectivity index (χ1v) is 9.44. The number of hydrogen-bond donors (Lipinski definition) is 0. The van der Waals surface area contributed by atoms with Crippen molar-refractivity contribution in [3.63, 3.8) is 0 Å². The van der Waals surface area contributed by atoms with Gasteiger partial charge in [0.05, 0.1) is 5.02 Å². The number of rotatable bonds is 8. The van der Waals surface area contributed by atoms with E-state index in [1.807, 2.05) is 30.3 Å². The molecule has 0 amide bonds. The van der Waals surface area contributed by atoms with E-state index in [0.29, 0.717) is 12.8 Å². The first-order valence-electron chi connectivity index (χ1n) is 9.07. The summed E-state index contributed by atoms with van der Waals surface area (Å²) in [6.07, 6.45) is 3.28. The van der Waals surface area contributed by atoms with Gasteiger partial charge in [-0.15, -0.1) is 0 Å². The monoisotopic (exact) mass is 386 g/mol. The molecule has 3 nitrogen and oxygen atoms in total. The van der Waals surface area contributed by atoms with Gasteiger partial charge < -0.3 is 4.74 Å². The SMILES string of the molecule is O=C(COc1ccc(Cl)c(F)c1)CC12CC(C(=O)Cc3ccccc3)(C1)C2. The van der Waals surface area contributed by atoms with E-state index in [0.717, 1.165) is 24.8 Å². The highest BCUT2D eigenvalue weighted by Crippen LogP contribution is 2.75. The van der Waals surface area contributed by atoms with E-state index in [1.54, 1.807) is 0 Å². The number of halogens is 2. The number of Topliss-reactive ketones (excluding diaryl/α,β-unsaturated/α-hetero) is 2. The first-order chi connectivity index (χ1) is 12.9. The molecule has 3 aliphatic carbocycles. The average Bonchev–Trinajstić information content (AvgIpc) is 2.58. The van der Waals surface area contributed by atoms with Crippen LogP contribution in [0, 0.1) is 16.6 Å². The molecule has 27 heavy (non-hydrogen) atoms. The Kier molecular flexibility index (Phi) is 4.55. The minimum absolute atomic E-state index is 0.0193. The van der Waals surface area contributed by atoms with Gasteiger partial charge in [0.15, 0.2) is 5.78 Å². The summed E-state index contributed by atoms with van der Waals surface area (Å²) >= 11 is 5.63. The molecule has 5 rings (SSSR count). The summed E-state index contributed by atoms with van der Waals surface area (Å²) in [6, 6.07) is 13.9. The van der Waals surface area contributed by atoms with Crippen LogP contribution in [-0.2, 0) is 16.0 Å². The summed E-state index contributed by atoms with van der Waals surface area (Å²) in [4.78, 5) is 24.8. The van der Waals surface area contributed by atoms with Gasteiger partial charge in [-0.1, -0.05) is 41.9 Å². The largest absolute Gasteiger partial charge is 0.486 e. The Labute approximate surface area is 162 Å². The first kappa shape index (κ1) is 18.2. The van der Waals surface area contributed by atoms with Crippen LogP contribution >= 0.6 is 11.6 Å². The lowest BCUT2D eigenvalue weighted by molar-refractivity contribution is -0.207. The Balaban J connectivity index is 1.25. The fourth-order valence-corrected chi connectivity index (χ4v) is 4.77. The molecule has 0 heterocycles. The Bertz CT molecular complexity index is 874. The normalized spacial score (nSPS) is 25.3. The van der Waals surface area contributed by atoms with Crippen molar-refractivity contribution in [2.75, 3.05) is 6.61 Å². The lowest BCUT2D eigenvalue weighted by atomic mass is 9.33. The van der Waals surface area contributed by atoms with Gasteiger partial charge >= 0.3 is 0 Å². The van der Waals surface area contributed by atoms with Crippen molar-refractivity contribution in [3.05, 3.63) is 64.9 Å². The highest BCUT2D eigenvalue weighted by Gasteiger charge is 2.70. The standard InChI is InChI=1S/C22H20ClFO3/c23-18-7-6-17(9-19(18)24)27-11-16(25)10-21-12-22(13-21,14-21)20(26)8-15-4-2-1-3-5-15/h1-7,9H,8,10-14H2. The van der Waals surface area contributed by atoms with Crippen LogP contribution in [0.15, 0.2) is 48.5 Å². The second kappa shape index (κ2) is 6.75. The summed E-state index contributed by atoms with van der Waals surface area (Å²) in [7, 11) is 0. The molecule has 0 aliphatic heterocycles. The van der Waals surface area contributed by atoms with Crippen LogP contribution < -0.4 is 4.74 Å². The Morgan fingerprint density at radius 3 is 2.44 bits per heavy atom. The van der Waals surface area contributed by atoms with Crippen LogP contribution in [0.1, 0.15) is 31.2 Å². The summed E-state index contributed by atoms with van der Waals surface area (Å²) in [5.41, 5.74) is 0.801. The Morgan fingerprint density at radius 2 is 1.78 bits per heavy atom. The number of carbonyl (C=O) groups is 2. The zero-order chi connectivity index (χ0) is 19.1. The van der Waals surface area contributed by atoms with Crippen LogP contribution in [0.25, 0.3) is 0 Å². The average molecular weight is 387 g/mol. The molecular weight excluding hydrogens is 367 g/mol. The summed E-state index contributed by atoms with van der Waals surface area (Å²) in [6.45, 7) is -0.0895. The van der Waals surface area contributed by atoms with Gasteiger partial charge in [0.25, 0.3) is 0 Å². The number of benzene rings is 2. The predicted octanol–water partition coefficient (Wildman–Crippen LogP) is 4.80. The van der Waals surface area contributed by atoms with Gasteiger partial charge in [-0.25, -0.2) is 4.39 Å². The number of carbonyl (C=O) groups excluding carboxylic acids is 2. The van der Waals surface area contributed by atoms with Gasteiger partial charge in [0.1, 0.15) is 24.0 Å². The highest BCUT2D eigenvalue weighted by molar-refractivity contribution is 6.30. The van der Waals surface area contributed by atoms with Crippen molar-refractivity contribution in [1.29, 1.82) is 0 Å². The molecule has 140 valence electrons. The van der Waals surface area contributed by atoms with Crippen LogP contribution in [0.4, 0.5) is 4.39 Å². The van der Waals surface area contributed by atoms with Gasteiger partial charge in [0.2, 0.25) is 0 Å². The third kappa shape index (κ3) is 3.51. The second-order valence-electron chi connectivity index (χ2n) is 7.98. The zero-order valence-electron chi connectivity index (χ0n) is 14.8. The molecule has 0 unspecified atom stereocenters.